The Morgan fingerprint density at radius 1 is 1.07 bits per heavy atom. The fraction of sp³-hybridized carbons (Fsp3) is 0.355. The summed E-state index contributed by atoms with van der Waals surface area (Å²) in [4.78, 5) is 45.7. The van der Waals surface area contributed by atoms with E-state index < -0.39 is 6.04 Å². The predicted octanol–water partition coefficient (Wildman–Crippen LogP) is 5.49. The maximum absolute atomic E-state index is 13.2. The van der Waals surface area contributed by atoms with Crippen LogP contribution in [0.4, 0.5) is 0 Å². The van der Waals surface area contributed by atoms with Crippen molar-refractivity contribution in [2.24, 2.45) is 0 Å². The van der Waals surface area contributed by atoms with Crippen LogP contribution in [-0.4, -0.2) is 40.7 Å². The van der Waals surface area contributed by atoms with E-state index in [-0.39, 0.29) is 30.6 Å². The van der Waals surface area contributed by atoms with Crippen molar-refractivity contribution < 1.29 is 19.1 Å². The summed E-state index contributed by atoms with van der Waals surface area (Å²) in [5.74, 6) is 0.405. The highest BCUT2D eigenvalue weighted by Crippen LogP contribution is 2.27. The maximum Gasteiger partial charge on any atom is 0.242 e. The first-order valence-corrected chi connectivity index (χ1v) is 14.4. The van der Waals surface area contributed by atoms with Gasteiger partial charge in [-0.05, 0) is 50.5 Å². The molecule has 0 saturated heterocycles. The van der Waals surface area contributed by atoms with Crippen LogP contribution in [0, 0.1) is 6.92 Å². The lowest BCUT2D eigenvalue weighted by molar-refractivity contribution is -0.129. The SMILES string of the molecule is COc1ccc2[nH]c(C)c(CC(=O)N[C@@H](CCCCCC(C)=O)C(=O)NCc3csc(-c4ccccc4)n3)c2c1. The van der Waals surface area contributed by atoms with Gasteiger partial charge in [0.25, 0.3) is 0 Å². The molecule has 9 heteroatoms. The van der Waals surface area contributed by atoms with Gasteiger partial charge in [0.05, 0.1) is 25.8 Å². The summed E-state index contributed by atoms with van der Waals surface area (Å²) in [6.07, 6.45) is 3.47. The van der Waals surface area contributed by atoms with E-state index in [4.69, 9.17) is 4.74 Å². The summed E-state index contributed by atoms with van der Waals surface area (Å²) in [5, 5.41) is 9.68. The summed E-state index contributed by atoms with van der Waals surface area (Å²) in [6.45, 7) is 3.80. The largest absolute Gasteiger partial charge is 0.497 e. The third-order valence-electron chi connectivity index (χ3n) is 6.85. The first-order valence-electron chi connectivity index (χ1n) is 13.6. The zero-order chi connectivity index (χ0) is 28.5. The second-order valence-corrected chi connectivity index (χ2v) is 10.8. The molecule has 1 atom stereocenters. The van der Waals surface area contributed by atoms with Gasteiger partial charge in [0.15, 0.2) is 0 Å². The first kappa shape index (κ1) is 29.0. The molecule has 0 unspecified atom stereocenters. The third-order valence-corrected chi connectivity index (χ3v) is 7.79. The number of aromatic amines is 1. The lowest BCUT2D eigenvalue weighted by atomic mass is 10.0. The number of hydrogen-bond acceptors (Lipinski definition) is 6. The number of Topliss-reactive ketones (excluding diaryl/α,β-unsaturated/α-hetero) is 1. The van der Waals surface area contributed by atoms with Gasteiger partial charge in [0.1, 0.15) is 22.6 Å². The number of fused-ring (bicyclic) bond motifs is 1. The van der Waals surface area contributed by atoms with Crippen molar-refractivity contribution in [3.8, 4) is 16.3 Å². The Labute approximate surface area is 238 Å². The minimum Gasteiger partial charge on any atom is -0.497 e. The van der Waals surface area contributed by atoms with E-state index in [2.05, 4.69) is 20.6 Å². The Morgan fingerprint density at radius 3 is 2.62 bits per heavy atom. The molecule has 0 spiro atoms. The van der Waals surface area contributed by atoms with Crippen molar-refractivity contribution >= 4 is 39.8 Å². The van der Waals surface area contributed by atoms with Gasteiger partial charge in [0.2, 0.25) is 11.8 Å². The number of H-pyrrole nitrogens is 1. The molecular weight excluding hydrogens is 524 g/mol. The average Bonchev–Trinajstić information content (AvgIpc) is 3.55. The van der Waals surface area contributed by atoms with E-state index in [1.165, 1.54) is 11.3 Å². The smallest absolute Gasteiger partial charge is 0.242 e. The standard InChI is InChI=1S/C31H36N4O4S/c1-20(36)10-6-4-9-13-28(30(38)32-18-23-19-40-31(34-23)22-11-7-5-8-12-22)35-29(37)17-25-21(2)33-27-15-14-24(39-3)16-26(25)27/h5,7-8,11-12,14-16,19,28,33H,4,6,9-10,13,17-18H2,1-3H3,(H,32,38)(H,35,37)/t28-/m0/s1. The number of ketones is 1. The van der Waals surface area contributed by atoms with Gasteiger partial charge in [-0.25, -0.2) is 4.98 Å². The minimum atomic E-state index is -0.683. The Balaban J connectivity index is 1.41. The Hall–Kier alpha value is -3.98. The maximum atomic E-state index is 13.2. The number of ether oxygens (including phenoxy) is 1. The lowest BCUT2D eigenvalue weighted by Gasteiger charge is -2.18. The van der Waals surface area contributed by atoms with Crippen LogP contribution in [-0.2, 0) is 27.3 Å². The van der Waals surface area contributed by atoms with Gasteiger partial charge >= 0.3 is 0 Å². The highest BCUT2D eigenvalue weighted by molar-refractivity contribution is 7.13. The second kappa shape index (κ2) is 13.9. The second-order valence-electron chi connectivity index (χ2n) is 9.97. The summed E-state index contributed by atoms with van der Waals surface area (Å²) < 4.78 is 5.36. The van der Waals surface area contributed by atoms with E-state index >= 15 is 0 Å². The van der Waals surface area contributed by atoms with E-state index in [0.717, 1.165) is 57.7 Å². The van der Waals surface area contributed by atoms with Gasteiger partial charge in [-0.3, -0.25) is 9.59 Å². The van der Waals surface area contributed by atoms with Crippen molar-refractivity contribution in [2.75, 3.05) is 7.11 Å². The molecule has 0 radical (unpaired) electrons. The fourth-order valence-corrected chi connectivity index (χ4v) is 5.52. The molecule has 0 aliphatic heterocycles. The number of amides is 2. The first-order chi connectivity index (χ1) is 19.3. The number of rotatable bonds is 14. The molecular formula is C31H36N4O4S. The molecule has 2 aromatic heterocycles. The molecule has 210 valence electrons. The fourth-order valence-electron chi connectivity index (χ4n) is 4.69. The highest BCUT2D eigenvalue weighted by Gasteiger charge is 2.22. The Morgan fingerprint density at radius 2 is 1.88 bits per heavy atom. The van der Waals surface area contributed by atoms with E-state index in [1.807, 2.05) is 60.8 Å². The topological polar surface area (TPSA) is 113 Å². The predicted molar refractivity (Wildman–Crippen MR) is 158 cm³/mol. The van der Waals surface area contributed by atoms with Crippen LogP contribution in [0.5, 0.6) is 5.75 Å². The van der Waals surface area contributed by atoms with Crippen LogP contribution in [0.1, 0.15) is 56.0 Å². The molecule has 2 aromatic carbocycles. The van der Waals surface area contributed by atoms with Crippen molar-refractivity contribution in [3.63, 3.8) is 0 Å². The molecule has 40 heavy (non-hydrogen) atoms. The molecule has 8 nitrogen and oxygen atoms in total. The monoisotopic (exact) mass is 560 g/mol. The summed E-state index contributed by atoms with van der Waals surface area (Å²) >= 11 is 1.53. The van der Waals surface area contributed by atoms with Crippen molar-refractivity contribution in [3.05, 3.63) is 70.9 Å². The molecule has 4 aromatic rings. The van der Waals surface area contributed by atoms with Crippen molar-refractivity contribution in [1.29, 1.82) is 0 Å². The van der Waals surface area contributed by atoms with Gasteiger partial charge < -0.3 is 25.1 Å². The van der Waals surface area contributed by atoms with Crippen LogP contribution in [0.3, 0.4) is 0 Å². The molecule has 3 N–H and O–H groups in total. The van der Waals surface area contributed by atoms with Crippen molar-refractivity contribution in [2.45, 2.75) is 65.0 Å². The normalized spacial score (nSPS) is 11.8. The van der Waals surface area contributed by atoms with Gasteiger partial charge in [-0.15, -0.1) is 11.3 Å². The summed E-state index contributed by atoms with van der Waals surface area (Å²) in [5.41, 5.74) is 4.52. The van der Waals surface area contributed by atoms with Crippen molar-refractivity contribution in [1.82, 2.24) is 20.6 Å². The van der Waals surface area contributed by atoms with Gasteiger partial charge in [-0.1, -0.05) is 43.2 Å². The summed E-state index contributed by atoms with van der Waals surface area (Å²) in [6, 6.07) is 14.9. The lowest BCUT2D eigenvalue weighted by Crippen LogP contribution is -2.47. The van der Waals surface area contributed by atoms with E-state index in [0.29, 0.717) is 18.6 Å². The third kappa shape index (κ3) is 7.79. The molecule has 0 saturated carbocycles. The van der Waals surface area contributed by atoms with Gasteiger partial charge in [-0.2, -0.15) is 0 Å². The quantitative estimate of drug-likeness (QED) is 0.177. The van der Waals surface area contributed by atoms with Crippen LogP contribution >= 0.6 is 11.3 Å². The number of thiazole rings is 1. The van der Waals surface area contributed by atoms with Crippen LogP contribution in [0.25, 0.3) is 21.5 Å². The number of aryl methyl sites for hydroxylation is 1. The number of nitrogens with zero attached hydrogens (tertiary/aromatic N) is 1. The number of unbranched alkanes of at least 4 members (excludes halogenated alkanes) is 2. The molecule has 2 amide bonds. The van der Waals surface area contributed by atoms with Crippen LogP contribution < -0.4 is 15.4 Å². The zero-order valence-electron chi connectivity index (χ0n) is 23.2. The average molecular weight is 561 g/mol. The molecule has 0 fully saturated rings. The van der Waals surface area contributed by atoms with Crippen LogP contribution in [0.2, 0.25) is 0 Å². The number of benzene rings is 2. The molecule has 0 aliphatic rings. The van der Waals surface area contributed by atoms with E-state index in [9.17, 15) is 14.4 Å². The number of methoxy groups -OCH3 is 1. The zero-order valence-corrected chi connectivity index (χ0v) is 24.0. The summed E-state index contributed by atoms with van der Waals surface area (Å²) in [7, 11) is 1.61. The number of nitrogens with one attached hydrogen (secondary N) is 3. The number of carbonyl (C=O) groups is 3. The Kier molecular flexibility index (Phi) is 10.1. The number of carbonyl (C=O) groups excluding carboxylic acids is 3. The molecule has 0 bridgehead atoms. The number of hydrogen-bond donors (Lipinski definition) is 3. The number of aromatic nitrogens is 2. The molecule has 2 heterocycles. The Bertz CT molecular complexity index is 1460. The molecule has 0 aliphatic carbocycles. The van der Waals surface area contributed by atoms with Crippen LogP contribution in [0.15, 0.2) is 53.9 Å². The van der Waals surface area contributed by atoms with Gasteiger partial charge in [0, 0.05) is 34.0 Å². The van der Waals surface area contributed by atoms with E-state index in [1.54, 1.807) is 14.0 Å². The highest BCUT2D eigenvalue weighted by atomic mass is 32.1. The minimum absolute atomic E-state index is 0.139. The molecule has 4 rings (SSSR count).